The highest BCUT2D eigenvalue weighted by Crippen LogP contribution is 2.14. The highest BCUT2D eigenvalue weighted by atomic mass is 32.2. The molecule has 0 spiro atoms. The topological polar surface area (TPSA) is 87.2 Å². The van der Waals surface area contributed by atoms with Crippen molar-refractivity contribution in [1.29, 1.82) is 5.26 Å². The van der Waals surface area contributed by atoms with Crippen LogP contribution in [0.4, 0.5) is 0 Å². The fraction of sp³-hybridized carbons (Fsp3) is 0.917. The lowest BCUT2D eigenvalue weighted by molar-refractivity contribution is 0.278. The van der Waals surface area contributed by atoms with E-state index in [-0.39, 0.29) is 5.75 Å². The van der Waals surface area contributed by atoms with Gasteiger partial charge in [-0.15, -0.1) is 0 Å². The average molecular weight is 273 g/mol. The highest BCUT2D eigenvalue weighted by Gasteiger charge is 2.23. The summed E-state index contributed by atoms with van der Waals surface area (Å²) in [5.41, 5.74) is 5.19. The minimum Gasteiger partial charge on any atom is -0.313 e. The largest absolute Gasteiger partial charge is 0.313 e. The lowest BCUT2D eigenvalue weighted by atomic mass is 9.93. The first kappa shape index (κ1) is 15.4. The number of hydrogen-bond donors (Lipinski definition) is 1. The smallest absolute Gasteiger partial charge is 0.151 e. The summed E-state index contributed by atoms with van der Waals surface area (Å²) in [7, 11) is -2.83. The fourth-order valence-electron chi connectivity index (χ4n) is 2.14. The summed E-state index contributed by atoms with van der Waals surface area (Å²) in [5.74, 6) is 0.560. The van der Waals surface area contributed by atoms with Crippen LogP contribution in [-0.4, -0.2) is 50.0 Å². The van der Waals surface area contributed by atoms with Crippen LogP contribution in [0.3, 0.4) is 0 Å². The number of rotatable bonds is 5. The second-order valence-corrected chi connectivity index (χ2v) is 7.38. The van der Waals surface area contributed by atoms with Crippen molar-refractivity contribution in [2.24, 2.45) is 5.73 Å². The van der Waals surface area contributed by atoms with E-state index in [1.165, 1.54) is 0 Å². The zero-order valence-electron chi connectivity index (χ0n) is 11.1. The zero-order valence-corrected chi connectivity index (χ0v) is 11.9. The van der Waals surface area contributed by atoms with Crippen LogP contribution in [0.2, 0.25) is 0 Å². The van der Waals surface area contributed by atoms with E-state index in [0.717, 1.165) is 19.5 Å². The molecule has 104 valence electrons. The number of sulfone groups is 1. The van der Waals surface area contributed by atoms with Crippen molar-refractivity contribution in [1.82, 2.24) is 4.90 Å². The maximum Gasteiger partial charge on any atom is 0.151 e. The second kappa shape index (κ2) is 6.50. The SMILES string of the molecule is CCC(N)(C#N)CCCN1CCCS(=O)(=O)CC1. The molecule has 2 N–H and O–H groups in total. The Morgan fingerprint density at radius 1 is 1.39 bits per heavy atom. The van der Waals surface area contributed by atoms with E-state index in [2.05, 4.69) is 11.0 Å². The lowest BCUT2D eigenvalue weighted by Crippen LogP contribution is -2.38. The molecule has 0 saturated carbocycles. The van der Waals surface area contributed by atoms with E-state index >= 15 is 0 Å². The van der Waals surface area contributed by atoms with Crippen LogP contribution < -0.4 is 5.73 Å². The van der Waals surface area contributed by atoms with Gasteiger partial charge in [-0.3, -0.25) is 0 Å². The van der Waals surface area contributed by atoms with E-state index < -0.39 is 15.4 Å². The molecule has 0 amide bonds. The van der Waals surface area contributed by atoms with Gasteiger partial charge in [-0.05, 0) is 38.8 Å². The Morgan fingerprint density at radius 2 is 2.11 bits per heavy atom. The molecule has 1 aliphatic rings. The maximum absolute atomic E-state index is 11.5. The van der Waals surface area contributed by atoms with Crippen LogP contribution in [0.15, 0.2) is 0 Å². The van der Waals surface area contributed by atoms with Crippen molar-refractivity contribution in [3.63, 3.8) is 0 Å². The standard InChI is InChI=1S/C12H23N3O2S/c1-2-12(14,11-13)5-3-6-15-7-4-9-18(16,17)10-8-15/h2-10,14H2,1H3. The van der Waals surface area contributed by atoms with Gasteiger partial charge in [0.2, 0.25) is 0 Å². The molecule has 1 rings (SSSR count). The number of nitrogens with two attached hydrogens (primary N) is 1. The molecule has 0 aromatic heterocycles. The first-order valence-electron chi connectivity index (χ1n) is 6.54. The van der Waals surface area contributed by atoms with Gasteiger partial charge in [0, 0.05) is 6.54 Å². The molecular weight excluding hydrogens is 250 g/mol. The molecule has 6 heteroatoms. The Balaban J connectivity index is 2.34. The van der Waals surface area contributed by atoms with Crippen LogP contribution in [0, 0.1) is 11.3 Å². The van der Waals surface area contributed by atoms with Crippen LogP contribution in [0.1, 0.15) is 32.6 Å². The van der Waals surface area contributed by atoms with E-state index in [1.54, 1.807) is 0 Å². The van der Waals surface area contributed by atoms with Crippen LogP contribution >= 0.6 is 0 Å². The lowest BCUT2D eigenvalue weighted by Gasteiger charge is -2.23. The van der Waals surface area contributed by atoms with E-state index in [1.807, 2.05) is 6.92 Å². The normalized spacial score (nSPS) is 23.8. The summed E-state index contributed by atoms with van der Waals surface area (Å²) >= 11 is 0. The number of nitriles is 1. The molecule has 1 fully saturated rings. The Kier molecular flexibility index (Phi) is 5.57. The summed E-state index contributed by atoms with van der Waals surface area (Å²) in [6.07, 6.45) is 2.88. The summed E-state index contributed by atoms with van der Waals surface area (Å²) in [4.78, 5) is 2.16. The third-order valence-electron chi connectivity index (χ3n) is 3.60. The van der Waals surface area contributed by atoms with Gasteiger partial charge in [-0.1, -0.05) is 6.92 Å². The Bertz CT molecular complexity index is 402. The molecule has 0 aromatic carbocycles. The van der Waals surface area contributed by atoms with Gasteiger partial charge in [0.25, 0.3) is 0 Å². The Labute approximate surface area is 110 Å². The van der Waals surface area contributed by atoms with Gasteiger partial charge in [0.15, 0.2) is 9.84 Å². The van der Waals surface area contributed by atoms with Crippen molar-refractivity contribution >= 4 is 9.84 Å². The van der Waals surface area contributed by atoms with Gasteiger partial charge in [-0.2, -0.15) is 5.26 Å². The third-order valence-corrected chi connectivity index (χ3v) is 5.31. The third kappa shape index (κ3) is 4.92. The minimum absolute atomic E-state index is 0.257. The van der Waals surface area contributed by atoms with Crippen molar-refractivity contribution < 1.29 is 8.42 Å². The Hall–Kier alpha value is -0.640. The number of hydrogen-bond acceptors (Lipinski definition) is 5. The van der Waals surface area contributed by atoms with Crippen molar-refractivity contribution in [3.05, 3.63) is 0 Å². The van der Waals surface area contributed by atoms with Gasteiger partial charge in [0.1, 0.15) is 5.54 Å². The summed E-state index contributed by atoms with van der Waals surface area (Å²) < 4.78 is 22.9. The van der Waals surface area contributed by atoms with Crippen LogP contribution in [0.5, 0.6) is 0 Å². The minimum atomic E-state index is -2.83. The molecule has 1 unspecified atom stereocenters. The van der Waals surface area contributed by atoms with Crippen molar-refractivity contribution in [2.45, 2.75) is 38.1 Å². The van der Waals surface area contributed by atoms with Gasteiger partial charge < -0.3 is 10.6 Å². The monoisotopic (exact) mass is 273 g/mol. The highest BCUT2D eigenvalue weighted by molar-refractivity contribution is 7.91. The van der Waals surface area contributed by atoms with Crippen LogP contribution in [-0.2, 0) is 9.84 Å². The number of nitrogens with zero attached hydrogens (tertiary/aromatic N) is 2. The van der Waals surface area contributed by atoms with Gasteiger partial charge in [-0.25, -0.2) is 8.42 Å². The first-order valence-corrected chi connectivity index (χ1v) is 8.36. The molecule has 1 heterocycles. The van der Waals surface area contributed by atoms with Gasteiger partial charge >= 0.3 is 0 Å². The van der Waals surface area contributed by atoms with Crippen LogP contribution in [0.25, 0.3) is 0 Å². The molecule has 0 radical (unpaired) electrons. The summed E-state index contributed by atoms with van der Waals surface area (Å²) in [6.45, 7) is 4.19. The Morgan fingerprint density at radius 3 is 2.72 bits per heavy atom. The molecule has 5 nitrogen and oxygen atoms in total. The van der Waals surface area contributed by atoms with E-state index in [9.17, 15) is 8.42 Å². The average Bonchev–Trinajstić information content (AvgIpc) is 2.51. The summed E-state index contributed by atoms with van der Waals surface area (Å²) in [5, 5.41) is 8.97. The van der Waals surface area contributed by atoms with Crippen molar-refractivity contribution in [2.75, 3.05) is 31.1 Å². The predicted molar refractivity (Wildman–Crippen MR) is 71.8 cm³/mol. The van der Waals surface area contributed by atoms with Gasteiger partial charge in [0.05, 0.1) is 17.6 Å². The fourth-order valence-corrected chi connectivity index (χ4v) is 3.45. The maximum atomic E-state index is 11.5. The second-order valence-electron chi connectivity index (χ2n) is 5.07. The molecule has 0 aliphatic carbocycles. The van der Waals surface area contributed by atoms with E-state index in [0.29, 0.717) is 31.6 Å². The molecule has 1 atom stereocenters. The quantitative estimate of drug-likeness (QED) is 0.789. The van der Waals surface area contributed by atoms with E-state index in [4.69, 9.17) is 11.0 Å². The molecule has 1 saturated heterocycles. The molecule has 0 aromatic rings. The first-order chi connectivity index (χ1) is 8.41. The molecule has 1 aliphatic heterocycles. The molecule has 18 heavy (non-hydrogen) atoms. The molecule has 0 bridgehead atoms. The van der Waals surface area contributed by atoms with Crippen molar-refractivity contribution in [3.8, 4) is 6.07 Å². The predicted octanol–water partition coefficient (Wildman–Crippen LogP) is 0.518. The summed E-state index contributed by atoms with van der Waals surface area (Å²) in [6, 6.07) is 2.15. The molecular formula is C12H23N3O2S. The zero-order chi connectivity index (χ0) is 13.6.